The fourth-order valence-electron chi connectivity index (χ4n) is 2.09. The molecule has 0 bridgehead atoms. The van der Waals surface area contributed by atoms with Gasteiger partial charge in [-0.2, -0.15) is 5.10 Å². The summed E-state index contributed by atoms with van der Waals surface area (Å²) in [5, 5.41) is 6.95. The molecular formula is C14H15N5O. The highest BCUT2D eigenvalue weighted by Crippen LogP contribution is 2.18. The van der Waals surface area contributed by atoms with E-state index in [1.54, 1.807) is 17.8 Å². The lowest BCUT2D eigenvalue weighted by Crippen LogP contribution is -2.15. The number of para-hydroxylation sites is 2. The smallest absolute Gasteiger partial charge is 0.278 e. The lowest BCUT2D eigenvalue weighted by molar-refractivity contribution is 0.102. The van der Waals surface area contributed by atoms with E-state index < -0.39 is 0 Å². The predicted molar refractivity (Wildman–Crippen MR) is 76.6 cm³/mol. The highest BCUT2D eigenvalue weighted by Gasteiger charge is 2.14. The first kappa shape index (κ1) is 12.4. The summed E-state index contributed by atoms with van der Waals surface area (Å²) in [5.74, 6) is 0.256. The molecule has 0 aliphatic carbocycles. The number of anilines is 1. The van der Waals surface area contributed by atoms with Crippen LogP contribution in [0.25, 0.3) is 11.0 Å². The van der Waals surface area contributed by atoms with Gasteiger partial charge in [0.05, 0.1) is 11.0 Å². The van der Waals surface area contributed by atoms with Crippen LogP contribution in [-0.4, -0.2) is 25.2 Å². The molecule has 6 heteroatoms. The number of rotatable bonds is 2. The number of aryl methyl sites for hydroxylation is 3. The molecule has 0 unspecified atom stereocenters. The van der Waals surface area contributed by atoms with Gasteiger partial charge in [0.15, 0.2) is 5.69 Å². The van der Waals surface area contributed by atoms with Crippen LogP contribution in [0.5, 0.6) is 0 Å². The van der Waals surface area contributed by atoms with E-state index in [-0.39, 0.29) is 5.91 Å². The van der Waals surface area contributed by atoms with Crippen LogP contribution in [0, 0.1) is 6.92 Å². The van der Waals surface area contributed by atoms with Crippen molar-refractivity contribution in [2.75, 3.05) is 5.32 Å². The summed E-state index contributed by atoms with van der Waals surface area (Å²) in [7, 11) is 3.68. The van der Waals surface area contributed by atoms with Gasteiger partial charge in [0.2, 0.25) is 5.95 Å². The molecule has 3 rings (SSSR count). The largest absolute Gasteiger partial charge is 0.313 e. The number of benzene rings is 1. The number of hydrogen-bond acceptors (Lipinski definition) is 3. The van der Waals surface area contributed by atoms with Gasteiger partial charge in [-0.3, -0.25) is 14.8 Å². The fraction of sp³-hybridized carbons (Fsp3) is 0.214. The maximum atomic E-state index is 12.2. The summed E-state index contributed by atoms with van der Waals surface area (Å²) in [6.45, 7) is 1.90. The summed E-state index contributed by atoms with van der Waals surface area (Å²) in [5.41, 5.74) is 3.14. The molecule has 0 radical (unpaired) electrons. The first-order valence-electron chi connectivity index (χ1n) is 6.29. The summed E-state index contributed by atoms with van der Waals surface area (Å²) in [6.07, 6.45) is 0. The van der Waals surface area contributed by atoms with E-state index in [0.717, 1.165) is 16.7 Å². The van der Waals surface area contributed by atoms with Gasteiger partial charge in [-0.1, -0.05) is 12.1 Å². The minimum Gasteiger partial charge on any atom is -0.313 e. The summed E-state index contributed by atoms with van der Waals surface area (Å²) in [6, 6.07) is 9.48. The Kier molecular flexibility index (Phi) is 2.78. The van der Waals surface area contributed by atoms with E-state index in [4.69, 9.17) is 0 Å². The number of aromatic nitrogens is 4. The zero-order valence-electron chi connectivity index (χ0n) is 11.6. The highest BCUT2D eigenvalue weighted by atomic mass is 16.2. The average Bonchev–Trinajstić information content (AvgIpc) is 2.92. The van der Waals surface area contributed by atoms with Gasteiger partial charge < -0.3 is 4.57 Å². The van der Waals surface area contributed by atoms with Crippen molar-refractivity contribution in [1.29, 1.82) is 0 Å². The molecule has 2 aromatic heterocycles. The second-order valence-electron chi connectivity index (χ2n) is 4.73. The standard InChI is InChI=1S/C14H15N5O/c1-9-8-11(17-19(9)3)13(20)16-14-15-10-6-4-5-7-12(10)18(14)2/h4-8H,1-3H3,(H,15,16,20). The first-order chi connectivity index (χ1) is 9.56. The number of imidazole rings is 1. The van der Waals surface area contributed by atoms with E-state index in [0.29, 0.717) is 11.6 Å². The van der Waals surface area contributed by atoms with Crippen molar-refractivity contribution >= 4 is 22.9 Å². The molecule has 0 spiro atoms. The monoisotopic (exact) mass is 269 g/mol. The zero-order chi connectivity index (χ0) is 14.3. The minimum atomic E-state index is -0.257. The number of carbonyl (C=O) groups is 1. The number of fused-ring (bicyclic) bond motifs is 1. The topological polar surface area (TPSA) is 64.7 Å². The third-order valence-corrected chi connectivity index (χ3v) is 3.36. The molecule has 0 atom stereocenters. The molecule has 1 amide bonds. The molecule has 0 aliphatic rings. The number of hydrogen-bond donors (Lipinski definition) is 1. The van der Waals surface area contributed by atoms with Crippen LogP contribution in [0.2, 0.25) is 0 Å². The van der Waals surface area contributed by atoms with E-state index in [2.05, 4.69) is 15.4 Å². The average molecular weight is 269 g/mol. The van der Waals surface area contributed by atoms with Gasteiger partial charge in [0.25, 0.3) is 5.91 Å². The van der Waals surface area contributed by atoms with Crippen molar-refractivity contribution in [2.24, 2.45) is 14.1 Å². The Morgan fingerprint density at radius 2 is 2.00 bits per heavy atom. The van der Waals surface area contributed by atoms with E-state index in [1.807, 2.05) is 42.8 Å². The molecule has 0 saturated heterocycles. The van der Waals surface area contributed by atoms with Crippen LogP contribution in [0.3, 0.4) is 0 Å². The third-order valence-electron chi connectivity index (χ3n) is 3.36. The Hall–Kier alpha value is -2.63. The van der Waals surface area contributed by atoms with Crippen molar-refractivity contribution in [1.82, 2.24) is 19.3 Å². The molecule has 20 heavy (non-hydrogen) atoms. The van der Waals surface area contributed by atoms with Gasteiger partial charge >= 0.3 is 0 Å². The fourth-order valence-corrected chi connectivity index (χ4v) is 2.09. The maximum absolute atomic E-state index is 12.2. The van der Waals surface area contributed by atoms with Crippen LogP contribution < -0.4 is 5.32 Å². The quantitative estimate of drug-likeness (QED) is 0.772. The molecule has 0 fully saturated rings. The van der Waals surface area contributed by atoms with E-state index >= 15 is 0 Å². The van der Waals surface area contributed by atoms with E-state index in [1.165, 1.54) is 0 Å². The van der Waals surface area contributed by atoms with Crippen molar-refractivity contribution in [3.05, 3.63) is 41.7 Å². The second-order valence-corrected chi connectivity index (χ2v) is 4.73. The number of carbonyl (C=O) groups excluding carboxylic acids is 1. The molecule has 102 valence electrons. The number of nitrogens with one attached hydrogen (secondary N) is 1. The second kappa shape index (κ2) is 4.48. The lowest BCUT2D eigenvalue weighted by atomic mass is 10.3. The van der Waals surface area contributed by atoms with Crippen LogP contribution in [0.15, 0.2) is 30.3 Å². The summed E-state index contributed by atoms with van der Waals surface area (Å²) >= 11 is 0. The molecular weight excluding hydrogens is 254 g/mol. The molecule has 1 N–H and O–H groups in total. The lowest BCUT2D eigenvalue weighted by Gasteiger charge is -2.02. The molecule has 3 aromatic rings. The van der Waals surface area contributed by atoms with Gasteiger partial charge in [0.1, 0.15) is 0 Å². The zero-order valence-corrected chi connectivity index (χ0v) is 11.6. The summed E-state index contributed by atoms with van der Waals surface area (Å²) < 4.78 is 3.52. The van der Waals surface area contributed by atoms with Crippen LogP contribution >= 0.6 is 0 Å². The number of amides is 1. The van der Waals surface area contributed by atoms with E-state index in [9.17, 15) is 4.79 Å². The molecule has 0 aliphatic heterocycles. The Labute approximate surface area is 116 Å². The van der Waals surface area contributed by atoms with Crippen LogP contribution in [0.4, 0.5) is 5.95 Å². The Balaban J connectivity index is 1.93. The normalized spacial score (nSPS) is 10.9. The Bertz CT molecular complexity index is 780. The Morgan fingerprint density at radius 3 is 2.65 bits per heavy atom. The number of nitrogens with zero attached hydrogens (tertiary/aromatic N) is 4. The molecule has 1 aromatic carbocycles. The maximum Gasteiger partial charge on any atom is 0.278 e. The van der Waals surface area contributed by atoms with Crippen LogP contribution in [-0.2, 0) is 14.1 Å². The van der Waals surface area contributed by atoms with Gasteiger partial charge in [-0.25, -0.2) is 4.98 Å². The van der Waals surface area contributed by atoms with Gasteiger partial charge in [-0.05, 0) is 25.1 Å². The third kappa shape index (κ3) is 1.95. The first-order valence-corrected chi connectivity index (χ1v) is 6.29. The van der Waals surface area contributed by atoms with Gasteiger partial charge in [0, 0.05) is 19.8 Å². The van der Waals surface area contributed by atoms with Crippen LogP contribution in [0.1, 0.15) is 16.2 Å². The SMILES string of the molecule is Cc1cc(C(=O)Nc2nc3ccccc3n2C)nn1C. The summed E-state index contributed by atoms with van der Waals surface area (Å²) in [4.78, 5) is 16.6. The highest BCUT2D eigenvalue weighted by molar-refractivity contribution is 6.02. The predicted octanol–water partition coefficient (Wildman–Crippen LogP) is 1.87. The van der Waals surface area contributed by atoms with Crippen molar-refractivity contribution in [3.8, 4) is 0 Å². The van der Waals surface area contributed by atoms with Crippen molar-refractivity contribution in [3.63, 3.8) is 0 Å². The molecule has 6 nitrogen and oxygen atoms in total. The van der Waals surface area contributed by atoms with Gasteiger partial charge in [-0.15, -0.1) is 0 Å². The van der Waals surface area contributed by atoms with Crippen molar-refractivity contribution < 1.29 is 4.79 Å². The molecule has 0 saturated carbocycles. The van der Waals surface area contributed by atoms with Crippen molar-refractivity contribution in [2.45, 2.75) is 6.92 Å². The Morgan fingerprint density at radius 1 is 1.25 bits per heavy atom. The minimum absolute atomic E-state index is 0.257. The molecule has 2 heterocycles.